The van der Waals surface area contributed by atoms with E-state index in [2.05, 4.69) is 32.0 Å². The predicted octanol–water partition coefficient (Wildman–Crippen LogP) is 6.12. The lowest BCUT2D eigenvalue weighted by atomic mass is 10.1. The van der Waals surface area contributed by atoms with E-state index >= 15 is 0 Å². The van der Waals surface area contributed by atoms with Crippen LogP contribution in [0.25, 0.3) is 11.3 Å². The van der Waals surface area contributed by atoms with Crippen molar-refractivity contribution in [3.63, 3.8) is 0 Å². The number of thiazole rings is 1. The summed E-state index contributed by atoms with van der Waals surface area (Å²) in [5.74, 6) is 1.67. The zero-order chi connectivity index (χ0) is 21.1. The second-order valence-electron chi connectivity index (χ2n) is 7.07. The fourth-order valence-electron chi connectivity index (χ4n) is 3.63. The van der Waals surface area contributed by atoms with Gasteiger partial charge in [0.25, 0.3) is 0 Å². The van der Waals surface area contributed by atoms with Crippen molar-refractivity contribution in [1.82, 2.24) is 19.7 Å². The molecule has 0 aliphatic heterocycles. The van der Waals surface area contributed by atoms with Crippen LogP contribution in [0.1, 0.15) is 44.3 Å². The number of rotatable bonds is 7. The molecule has 0 radical (unpaired) electrons. The number of nitrogens with one attached hydrogen (secondary N) is 1. The lowest BCUT2D eigenvalue weighted by Gasteiger charge is -2.11. The van der Waals surface area contributed by atoms with Gasteiger partial charge in [0.15, 0.2) is 10.3 Å². The molecular weight excluding hydrogens is 461 g/mol. The van der Waals surface area contributed by atoms with E-state index in [0.29, 0.717) is 26.8 Å². The SMILES string of the molecule is CCn1c(SCC(=O)Nc2nc(-c3ccc(Cl)cc3Cl)cs2)nnc1C1CCCC1. The molecular formula is C20H21Cl2N5OS2. The van der Waals surface area contributed by atoms with Crippen LogP contribution in [0.2, 0.25) is 10.0 Å². The van der Waals surface area contributed by atoms with Crippen molar-refractivity contribution in [3.05, 3.63) is 39.4 Å². The monoisotopic (exact) mass is 481 g/mol. The van der Waals surface area contributed by atoms with E-state index in [4.69, 9.17) is 23.2 Å². The molecule has 2 heterocycles. The predicted molar refractivity (Wildman–Crippen MR) is 124 cm³/mol. The Morgan fingerprint density at radius 1 is 1.30 bits per heavy atom. The first-order valence-electron chi connectivity index (χ1n) is 9.82. The molecule has 1 aliphatic carbocycles. The highest BCUT2D eigenvalue weighted by Crippen LogP contribution is 2.35. The molecule has 6 nitrogen and oxygen atoms in total. The Bertz CT molecular complexity index is 1050. The van der Waals surface area contributed by atoms with Crippen molar-refractivity contribution in [2.75, 3.05) is 11.1 Å². The summed E-state index contributed by atoms with van der Waals surface area (Å²) in [6, 6.07) is 5.26. The molecule has 0 saturated heterocycles. The highest BCUT2D eigenvalue weighted by molar-refractivity contribution is 7.99. The number of hydrogen-bond acceptors (Lipinski definition) is 6. The number of amides is 1. The van der Waals surface area contributed by atoms with Gasteiger partial charge in [0.05, 0.1) is 16.5 Å². The van der Waals surface area contributed by atoms with Gasteiger partial charge in [-0.25, -0.2) is 4.98 Å². The maximum Gasteiger partial charge on any atom is 0.236 e. The standard InChI is InChI=1S/C20H21Cl2N5OS2/c1-2-27-18(12-5-3-4-6-12)25-26-20(27)30-11-17(28)24-19-23-16(10-29-19)14-8-7-13(21)9-15(14)22/h7-10,12H,2-6,11H2,1H3,(H,23,24,28). The van der Waals surface area contributed by atoms with Crippen molar-refractivity contribution >= 4 is 57.3 Å². The van der Waals surface area contributed by atoms with Gasteiger partial charge < -0.3 is 9.88 Å². The molecule has 158 valence electrons. The van der Waals surface area contributed by atoms with Crippen LogP contribution in [-0.2, 0) is 11.3 Å². The minimum atomic E-state index is -0.129. The van der Waals surface area contributed by atoms with Gasteiger partial charge in [-0.3, -0.25) is 4.79 Å². The molecule has 1 aromatic carbocycles. The van der Waals surface area contributed by atoms with Crippen molar-refractivity contribution in [2.45, 2.75) is 50.2 Å². The minimum absolute atomic E-state index is 0.129. The molecule has 0 unspecified atom stereocenters. The molecule has 0 atom stereocenters. The van der Waals surface area contributed by atoms with Gasteiger partial charge in [-0.15, -0.1) is 21.5 Å². The van der Waals surface area contributed by atoms with Crippen molar-refractivity contribution in [1.29, 1.82) is 0 Å². The van der Waals surface area contributed by atoms with E-state index < -0.39 is 0 Å². The molecule has 30 heavy (non-hydrogen) atoms. The Morgan fingerprint density at radius 2 is 2.10 bits per heavy atom. The first-order valence-corrected chi connectivity index (χ1v) is 12.4. The van der Waals surface area contributed by atoms with Crippen LogP contribution in [0.3, 0.4) is 0 Å². The molecule has 1 N–H and O–H groups in total. The number of benzene rings is 1. The maximum absolute atomic E-state index is 12.4. The first kappa shape index (κ1) is 21.6. The minimum Gasteiger partial charge on any atom is -0.306 e. The Labute approximate surface area is 193 Å². The summed E-state index contributed by atoms with van der Waals surface area (Å²) in [6.07, 6.45) is 4.85. The number of carbonyl (C=O) groups is 1. The van der Waals surface area contributed by atoms with Gasteiger partial charge in [0, 0.05) is 28.4 Å². The zero-order valence-electron chi connectivity index (χ0n) is 16.4. The number of nitrogens with zero attached hydrogens (tertiary/aromatic N) is 4. The van der Waals surface area contributed by atoms with Crippen molar-refractivity contribution < 1.29 is 4.79 Å². The summed E-state index contributed by atoms with van der Waals surface area (Å²) in [5.41, 5.74) is 1.49. The molecule has 1 fully saturated rings. The van der Waals surface area contributed by atoms with Crippen LogP contribution < -0.4 is 5.32 Å². The van der Waals surface area contributed by atoms with Gasteiger partial charge in [0.2, 0.25) is 5.91 Å². The highest BCUT2D eigenvalue weighted by atomic mass is 35.5. The van der Waals surface area contributed by atoms with Gasteiger partial charge in [0.1, 0.15) is 5.82 Å². The summed E-state index contributed by atoms with van der Waals surface area (Å²) >= 11 is 15.0. The summed E-state index contributed by atoms with van der Waals surface area (Å²) < 4.78 is 2.14. The van der Waals surface area contributed by atoms with E-state index in [1.54, 1.807) is 12.1 Å². The molecule has 1 aliphatic rings. The fourth-order valence-corrected chi connectivity index (χ4v) is 5.67. The van der Waals surface area contributed by atoms with Gasteiger partial charge in [-0.05, 0) is 38.0 Å². The number of halogens is 2. The van der Waals surface area contributed by atoms with E-state index in [0.717, 1.165) is 23.1 Å². The van der Waals surface area contributed by atoms with E-state index in [9.17, 15) is 4.79 Å². The number of carbonyl (C=O) groups excluding carboxylic acids is 1. The maximum atomic E-state index is 12.4. The second kappa shape index (κ2) is 9.68. The van der Waals surface area contributed by atoms with Gasteiger partial charge >= 0.3 is 0 Å². The average molecular weight is 482 g/mol. The topological polar surface area (TPSA) is 72.7 Å². The Kier molecular flexibility index (Phi) is 6.98. The summed E-state index contributed by atoms with van der Waals surface area (Å²) in [5, 5.41) is 15.9. The second-order valence-corrected chi connectivity index (χ2v) is 9.71. The largest absolute Gasteiger partial charge is 0.306 e. The molecule has 10 heteroatoms. The Balaban J connectivity index is 1.37. The van der Waals surface area contributed by atoms with Crippen LogP contribution in [0.15, 0.2) is 28.7 Å². The molecule has 4 rings (SSSR count). The Morgan fingerprint density at radius 3 is 2.83 bits per heavy atom. The normalized spacial score (nSPS) is 14.4. The van der Waals surface area contributed by atoms with Gasteiger partial charge in [-0.1, -0.05) is 47.8 Å². The number of hydrogen-bond donors (Lipinski definition) is 1. The first-order chi connectivity index (χ1) is 14.5. The summed E-state index contributed by atoms with van der Waals surface area (Å²) in [4.78, 5) is 16.9. The summed E-state index contributed by atoms with van der Waals surface area (Å²) in [7, 11) is 0. The Hall–Kier alpha value is -1.61. The van der Waals surface area contributed by atoms with Crippen LogP contribution in [0, 0.1) is 0 Å². The van der Waals surface area contributed by atoms with E-state index in [-0.39, 0.29) is 11.7 Å². The average Bonchev–Trinajstić information content (AvgIpc) is 3.46. The third-order valence-electron chi connectivity index (χ3n) is 5.07. The summed E-state index contributed by atoms with van der Waals surface area (Å²) in [6.45, 7) is 2.89. The lowest BCUT2D eigenvalue weighted by Crippen LogP contribution is -2.14. The van der Waals surface area contributed by atoms with Crippen LogP contribution in [0.4, 0.5) is 5.13 Å². The van der Waals surface area contributed by atoms with E-state index in [1.807, 2.05) is 11.4 Å². The molecule has 2 aromatic heterocycles. The van der Waals surface area contributed by atoms with Crippen molar-refractivity contribution in [2.24, 2.45) is 0 Å². The van der Waals surface area contributed by atoms with Crippen LogP contribution >= 0.6 is 46.3 Å². The number of anilines is 1. The molecule has 1 amide bonds. The smallest absolute Gasteiger partial charge is 0.236 e. The highest BCUT2D eigenvalue weighted by Gasteiger charge is 2.24. The zero-order valence-corrected chi connectivity index (χ0v) is 19.5. The number of thioether (sulfide) groups is 1. The third kappa shape index (κ3) is 4.82. The quantitative estimate of drug-likeness (QED) is 0.411. The molecule has 1 saturated carbocycles. The lowest BCUT2D eigenvalue weighted by molar-refractivity contribution is -0.113. The van der Waals surface area contributed by atoms with E-state index in [1.165, 1.54) is 48.8 Å². The molecule has 0 bridgehead atoms. The van der Waals surface area contributed by atoms with Crippen LogP contribution in [-0.4, -0.2) is 31.4 Å². The van der Waals surface area contributed by atoms with Crippen LogP contribution in [0.5, 0.6) is 0 Å². The van der Waals surface area contributed by atoms with Crippen molar-refractivity contribution in [3.8, 4) is 11.3 Å². The molecule has 3 aromatic rings. The third-order valence-corrected chi connectivity index (χ3v) is 7.34. The fraction of sp³-hybridized carbons (Fsp3) is 0.400. The number of aromatic nitrogens is 4. The molecule has 0 spiro atoms. The van der Waals surface area contributed by atoms with Gasteiger partial charge in [-0.2, -0.15) is 0 Å².